The summed E-state index contributed by atoms with van der Waals surface area (Å²) in [6, 6.07) is 5.25. The quantitative estimate of drug-likeness (QED) is 0.513. The average Bonchev–Trinajstić information content (AvgIpc) is 3.45. The minimum Gasteiger partial charge on any atom is -0.486 e. The first-order valence-corrected chi connectivity index (χ1v) is 13.3. The molecular formula is C24H29F2N5O4S. The summed E-state index contributed by atoms with van der Waals surface area (Å²) < 4.78 is 71.4. The van der Waals surface area contributed by atoms with E-state index in [0.29, 0.717) is 53.8 Å². The van der Waals surface area contributed by atoms with Crippen LogP contribution in [0, 0.1) is 5.82 Å². The number of nitrogens with zero attached hydrogens (tertiary/aromatic N) is 4. The number of benzene rings is 1. The Morgan fingerprint density at radius 2 is 2.06 bits per heavy atom. The highest BCUT2D eigenvalue weighted by atomic mass is 32.2. The van der Waals surface area contributed by atoms with Crippen LogP contribution in [0.3, 0.4) is 0 Å². The maximum atomic E-state index is 14.8. The molecule has 1 unspecified atom stereocenters. The molecule has 2 aromatic heterocycles. The van der Waals surface area contributed by atoms with Crippen molar-refractivity contribution in [1.29, 1.82) is 0 Å². The molecule has 0 radical (unpaired) electrons. The standard InChI is InChI=1S/C24H29F2N5O4S/c1-4-29(3)36(32,33)28-15(2)21-12-27-23-6-5-18(14-31(21)23)30-13-17(26)10-20(30)19-9-16(25)11-22-24(19)35-8-7-34-22/h5-6,9,11-12,14-15,17,20,28H,4,7-8,10,13H2,1-3H3/t15?,17-,20+/m0/s1. The molecule has 2 aliphatic rings. The molecule has 0 aliphatic carbocycles. The van der Waals surface area contributed by atoms with Gasteiger partial charge in [0.15, 0.2) is 11.5 Å². The lowest BCUT2D eigenvalue weighted by atomic mass is 10.0. The highest BCUT2D eigenvalue weighted by molar-refractivity contribution is 7.87. The molecule has 3 atom stereocenters. The van der Waals surface area contributed by atoms with E-state index in [1.807, 2.05) is 11.0 Å². The second kappa shape index (κ2) is 9.49. The number of alkyl halides is 1. The monoisotopic (exact) mass is 521 g/mol. The zero-order valence-electron chi connectivity index (χ0n) is 20.3. The van der Waals surface area contributed by atoms with E-state index in [0.717, 1.165) is 0 Å². The van der Waals surface area contributed by atoms with Crippen molar-refractivity contribution in [2.75, 3.05) is 38.3 Å². The molecule has 1 aromatic carbocycles. The van der Waals surface area contributed by atoms with Crippen LogP contribution in [0.25, 0.3) is 5.65 Å². The molecule has 1 N–H and O–H groups in total. The van der Waals surface area contributed by atoms with Crippen molar-refractivity contribution >= 4 is 21.5 Å². The molecule has 9 nitrogen and oxygen atoms in total. The number of fused-ring (bicyclic) bond motifs is 2. The number of pyridine rings is 1. The molecule has 0 amide bonds. The fraction of sp³-hybridized carbons (Fsp3) is 0.458. The highest BCUT2D eigenvalue weighted by Gasteiger charge is 2.37. The lowest BCUT2D eigenvalue weighted by molar-refractivity contribution is 0.168. The zero-order chi connectivity index (χ0) is 25.6. The van der Waals surface area contributed by atoms with E-state index >= 15 is 0 Å². The Hall–Kier alpha value is -2.96. The minimum atomic E-state index is -3.67. The van der Waals surface area contributed by atoms with Gasteiger partial charge in [-0.15, -0.1) is 0 Å². The summed E-state index contributed by atoms with van der Waals surface area (Å²) in [5.41, 5.74) is 2.49. The lowest BCUT2D eigenvalue weighted by Crippen LogP contribution is -2.39. The topological polar surface area (TPSA) is 88.4 Å². The Kier molecular flexibility index (Phi) is 6.52. The van der Waals surface area contributed by atoms with Gasteiger partial charge >= 0.3 is 0 Å². The minimum absolute atomic E-state index is 0.121. The molecule has 0 spiro atoms. The van der Waals surface area contributed by atoms with E-state index in [-0.39, 0.29) is 13.0 Å². The number of ether oxygens (including phenoxy) is 2. The van der Waals surface area contributed by atoms with Gasteiger partial charge in [-0.25, -0.2) is 13.8 Å². The smallest absolute Gasteiger partial charge is 0.279 e. The fourth-order valence-electron chi connectivity index (χ4n) is 4.78. The molecule has 12 heteroatoms. The summed E-state index contributed by atoms with van der Waals surface area (Å²) in [5.74, 6) is 0.297. The molecule has 0 saturated carbocycles. The van der Waals surface area contributed by atoms with E-state index < -0.39 is 34.3 Å². The number of nitrogens with one attached hydrogen (secondary N) is 1. The van der Waals surface area contributed by atoms with Crippen LogP contribution in [0.2, 0.25) is 0 Å². The molecule has 2 aliphatic heterocycles. The summed E-state index contributed by atoms with van der Waals surface area (Å²) >= 11 is 0. The Labute approximate surface area is 208 Å². The van der Waals surface area contributed by atoms with Crippen molar-refractivity contribution in [3.05, 3.63) is 53.7 Å². The highest BCUT2D eigenvalue weighted by Crippen LogP contribution is 2.45. The summed E-state index contributed by atoms with van der Waals surface area (Å²) in [7, 11) is -2.17. The van der Waals surface area contributed by atoms with Crippen LogP contribution < -0.4 is 19.1 Å². The second-order valence-corrected chi connectivity index (χ2v) is 10.9. The van der Waals surface area contributed by atoms with Crippen molar-refractivity contribution in [3.8, 4) is 11.5 Å². The third-order valence-electron chi connectivity index (χ3n) is 6.72. The summed E-state index contributed by atoms with van der Waals surface area (Å²) in [4.78, 5) is 6.28. The van der Waals surface area contributed by atoms with Crippen LogP contribution in [0.15, 0.2) is 36.7 Å². The first kappa shape index (κ1) is 24.7. The third kappa shape index (κ3) is 4.48. The van der Waals surface area contributed by atoms with Crippen molar-refractivity contribution in [3.63, 3.8) is 0 Å². The Bertz CT molecular complexity index is 1380. The first-order valence-electron chi connectivity index (χ1n) is 11.9. The molecule has 3 aromatic rings. The van der Waals surface area contributed by atoms with Crippen LogP contribution in [-0.4, -0.2) is 61.6 Å². The summed E-state index contributed by atoms with van der Waals surface area (Å²) in [6.45, 7) is 4.61. The predicted octanol–water partition coefficient (Wildman–Crippen LogP) is 3.38. The number of hydrogen-bond acceptors (Lipinski definition) is 6. The van der Waals surface area contributed by atoms with Gasteiger partial charge in [0.1, 0.15) is 30.8 Å². The van der Waals surface area contributed by atoms with Crippen LogP contribution in [0.4, 0.5) is 14.5 Å². The lowest BCUT2D eigenvalue weighted by Gasteiger charge is -2.30. The zero-order valence-corrected chi connectivity index (χ0v) is 21.1. The first-order chi connectivity index (χ1) is 17.2. The molecule has 1 saturated heterocycles. The van der Waals surface area contributed by atoms with Gasteiger partial charge in [0.2, 0.25) is 0 Å². The molecule has 4 heterocycles. The largest absolute Gasteiger partial charge is 0.486 e. The van der Waals surface area contributed by atoms with Crippen molar-refractivity contribution in [1.82, 2.24) is 18.4 Å². The summed E-state index contributed by atoms with van der Waals surface area (Å²) in [5, 5.41) is 0. The molecule has 194 valence electrons. The van der Waals surface area contributed by atoms with Crippen LogP contribution in [0.5, 0.6) is 11.5 Å². The van der Waals surface area contributed by atoms with E-state index in [4.69, 9.17) is 9.47 Å². The number of anilines is 1. The SMILES string of the molecule is CCN(C)S(=O)(=O)NC(C)c1cnc2ccc(N3C[C@@H](F)C[C@@H]3c3cc(F)cc4c3OCCO4)cn12. The van der Waals surface area contributed by atoms with Crippen molar-refractivity contribution in [2.24, 2.45) is 0 Å². The van der Waals surface area contributed by atoms with E-state index in [9.17, 15) is 17.2 Å². The maximum absolute atomic E-state index is 14.8. The van der Waals surface area contributed by atoms with Gasteiger partial charge in [-0.05, 0) is 25.1 Å². The third-order valence-corrected chi connectivity index (χ3v) is 8.45. The second-order valence-electron chi connectivity index (χ2n) is 9.08. The Morgan fingerprint density at radius 1 is 1.28 bits per heavy atom. The fourth-order valence-corrected chi connectivity index (χ4v) is 5.87. The average molecular weight is 522 g/mol. The normalized spacial score (nSPS) is 20.9. The Balaban J connectivity index is 1.51. The van der Waals surface area contributed by atoms with Crippen LogP contribution in [-0.2, 0) is 10.2 Å². The van der Waals surface area contributed by atoms with Crippen molar-refractivity contribution < 1.29 is 26.7 Å². The molecule has 5 rings (SSSR count). The maximum Gasteiger partial charge on any atom is 0.279 e. The molecule has 0 bridgehead atoms. The van der Waals surface area contributed by atoms with E-state index in [2.05, 4.69) is 9.71 Å². The van der Waals surface area contributed by atoms with E-state index in [1.54, 1.807) is 36.7 Å². The number of halogens is 2. The molecule has 36 heavy (non-hydrogen) atoms. The van der Waals surface area contributed by atoms with Gasteiger partial charge in [0.05, 0.1) is 29.7 Å². The van der Waals surface area contributed by atoms with Gasteiger partial charge in [-0.2, -0.15) is 17.4 Å². The molecule has 1 fully saturated rings. The van der Waals surface area contributed by atoms with Crippen LogP contribution >= 0.6 is 0 Å². The number of aromatic nitrogens is 2. The van der Waals surface area contributed by atoms with Gasteiger partial charge in [-0.3, -0.25) is 0 Å². The van der Waals surface area contributed by atoms with Crippen molar-refractivity contribution in [2.45, 2.75) is 38.5 Å². The Morgan fingerprint density at radius 3 is 2.83 bits per heavy atom. The molecular weight excluding hydrogens is 492 g/mol. The number of hydrogen-bond donors (Lipinski definition) is 1. The number of rotatable bonds is 7. The van der Waals surface area contributed by atoms with Gasteiger partial charge in [0, 0.05) is 44.4 Å². The van der Waals surface area contributed by atoms with Gasteiger partial charge in [-0.1, -0.05) is 6.92 Å². The van der Waals surface area contributed by atoms with E-state index in [1.165, 1.54) is 23.5 Å². The number of imidazole rings is 1. The van der Waals surface area contributed by atoms with Gasteiger partial charge in [0.25, 0.3) is 10.2 Å². The summed E-state index contributed by atoms with van der Waals surface area (Å²) in [6.07, 6.45) is 2.48. The van der Waals surface area contributed by atoms with Gasteiger partial charge < -0.3 is 18.8 Å². The van der Waals surface area contributed by atoms with Crippen LogP contribution in [0.1, 0.15) is 43.6 Å². The predicted molar refractivity (Wildman–Crippen MR) is 131 cm³/mol.